The highest BCUT2D eigenvalue weighted by Gasteiger charge is 2.34. The molecule has 1 heterocycles. The van der Waals surface area contributed by atoms with Crippen molar-refractivity contribution in [1.82, 2.24) is 10.2 Å². The van der Waals surface area contributed by atoms with Gasteiger partial charge in [-0.3, -0.25) is 4.90 Å². The van der Waals surface area contributed by atoms with E-state index in [4.69, 9.17) is 0 Å². The second-order valence-corrected chi connectivity index (χ2v) is 8.83. The van der Waals surface area contributed by atoms with Gasteiger partial charge < -0.3 is 5.32 Å². The van der Waals surface area contributed by atoms with E-state index in [1.54, 1.807) is 0 Å². The highest BCUT2D eigenvalue weighted by Crippen LogP contribution is 2.25. The highest BCUT2D eigenvalue weighted by atomic mass is 32.2. The van der Waals surface area contributed by atoms with E-state index < -0.39 is 9.84 Å². The first-order chi connectivity index (χ1) is 8.68. The van der Waals surface area contributed by atoms with E-state index in [2.05, 4.69) is 37.9 Å². The van der Waals surface area contributed by atoms with Gasteiger partial charge in [0.15, 0.2) is 9.84 Å². The van der Waals surface area contributed by atoms with Crippen molar-refractivity contribution in [3.8, 4) is 0 Å². The minimum Gasteiger partial charge on any atom is -0.314 e. The summed E-state index contributed by atoms with van der Waals surface area (Å²) >= 11 is 0. The average Bonchev–Trinajstić information content (AvgIpc) is 2.29. The second kappa shape index (κ2) is 6.55. The maximum atomic E-state index is 11.6. The van der Waals surface area contributed by atoms with Gasteiger partial charge in [0, 0.05) is 25.2 Å². The molecule has 1 N–H and O–H groups in total. The molecule has 0 amide bonds. The van der Waals surface area contributed by atoms with E-state index >= 15 is 0 Å². The van der Waals surface area contributed by atoms with Crippen LogP contribution in [0.2, 0.25) is 0 Å². The summed E-state index contributed by atoms with van der Waals surface area (Å²) in [7, 11) is -2.81. The first-order valence-corrected chi connectivity index (χ1v) is 9.18. The van der Waals surface area contributed by atoms with Crippen LogP contribution in [0.4, 0.5) is 0 Å². The number of nitrogens with one attached hydrogen (secondary N) is 1. The predicted molar refractivity (Wildman–Crippen MR) is 81.2 cm³/mol. The molecule has 0 spiro atoms. The van der Waals surface area contributed by atoms with Crippen molar-refractivity contribution in [3.05, 3.63) is 0 Å². The lowest BCUT2D eigenvalue weighted by atomic mass is 9.84. The van der Waals surface area contributed by atoms with Gasteiger partial charge in [0.2, 0.25) is 0 Å². The minimum atomic E-state index is -2.81. The van der Waals surface area contributed by atoms with Gasteiger partial charge in [0.1, 0.15) is 0 Å². The quantitative estimate of drug-likeness (QED) is 0.806. The summed E-state index contributed by atoms with van der Waals surface area (Å²) in [6.45, 7) is 13.6. The van der Waals surface area contributed by atoms with Gasteiger partial charge in [-0.2, -0.15) is 0 Å². The fourth-order valence-electron chi connectivity index (χ4n) is 2.57. The van der Waals surface area contributed by atoms with Gasteiger partial charge in [0.25, 0.3) is 0 Å². The van der Waals surface area contributed by atoms with Crippen LogP contribution in [0.5, 0.6) is 0 Å². The topological polar surface area (TPSA) is 49.4 Å². The van der Waals surface area contributed by atoms with Crippen LogP contribution in [0, 0.1) is 5.41 Å². The minimum absolute atomic E-state index is 0.136. The number of rotatable bonds is 6. The van der Waals surface area contributed by atoms with Gasteiger partial charge in [0.05, 0.1) is 11.5 Å². The van der Waals surface area contributed by atoms with Crippen LogP contribution in [-0.4, -0.2) is 56.5 Å². The fourth-order valence-corrected chi connectivity index (χ4v) is 4.19. The molecule has 5 heteroatoms. The summed E-state index contributed by atoms with van der Waals surface area (Å²) in [4.78, 5) is 2.32. The lowest BCUT2D eigenvalue weighted by Gasteiger charge is -2.41. The van der Waals surface area contributed by atoms with Crippen LogP contribution in [0.15, 0.2) is 0 Å². The molecular formula is C14H30N2O2S. The number of hydrogen-bond donors (Lipinski definition) is 1. The molecule has 2 unspecified atom stereocenters. The van der Waals surface area contributed by atoms with Crippen molar-refractivity contribution < 1.29 is 8.42 Å². The van der Waals surface area contributed by atoms with Gasteiger partial charge in [-0.05, 0) is 32.2 Å². The van der Waals surface area contributed by atoms with Crippen molar-refractivity contribution in [3.63, 3.8) is 0 Å². The molecule has 1 rings (SSSR count). The molecule has 2 atom stereocenters. The predicted octanol–water partition coefficient (Wildman–Crippen LogP) is 1.52. The van der Waals surface area contributed by atoms with Crippen molar-refractivity contribution in [2.45, 2.75) is 53.1 Å². The lowest BCUT2D eigenvalue weighted by Crippen LogP contribution is -2.53. The van der Waals surface area contributed by atoms with Crippen LogP contribution in [0.3, 0.4) is 0 Å². The SMILES string of the molecule is CCCNC(C)C(C)(C)CN1CCS(=O)(=O)CC1C. The summed E-state index contributed by atoms with van der Waals surface area (Å²) in [5.74, 6) is 0.615. The lowest BCUT2D eigenvalue weighted by molar-refractivity contribution is 0.120. The van der Waals surface area contributed by atoms with Gasteiger partial charge in [-0.15, -0.1) is 0 Å². The molecule has 0 aromatic carbocycles. The Morgan fingerprint density at radius 3 is 2.58 bits per heavy atom. The van der Waals surface area contributed by atoms with Crippen LogP contribution in [0.1, 0.15) is 41.0 Å². The van der Waals surface area contributed by atoms with E-state index in [1.165, 1.54) is 0 Å². The third kappa shape index (κ3) is 5.04. The summed E-state index contributed by atoms with van der Waals surface area (Å²) in [6, 6.07) is 0.564. The van der Waals surface area contributed by atoms with Crippen molar-refractivity contribution >= 4 is 9.84 Å². The van der Waals surface area contributed by atoms with E-state index in [9.17, 15) is 8.42 Å². The molecule has 0 radical (unpaired) electrons. The summed E-state index contributed by atoms with van der Waals surface area (Å²) in [5, 5.41) is 3.55. The second-order valence-electron chi connectivity index (χ2n) is 6.60. The van der Waals surface area contributed by atoms with Crippen LogP contribution < -0.4 is 5.32 Å². The first kappa shape index (κ1) is 16.9. The zero-order chi connectivity index (χ0) is 14.7. The summed E-state index contributed by atoms with van der Waals surface area (Å²) in [6.07, 6.45) is 1.14. The van der Waals surface area contributed by atoms with E-state index in [-0.39, 0.29) is 11.5 Å². The molecule has 0 aromatic rings. The zero-order valence-corrected chi connectivity index (χ0v) is 13.9. The van der Waals surface area contributed by atoms with Gasteiger partial charge in [-0.25, -0.2) is 8.42 Å². The Morgan fingerprint density at radius 1 is 1.42 bits per heavy atom. The van der Waals surface area contributed by atoms with Crippen molar-refractivity contribution in [2.24, 2.45) is 5.41 Å². The monoisotopic (exact) mass is 290 g/mol. The van der Waals surface area contributed by atoms with Crippen molar-refractivity contribution in [1.29, 1.82) is 0 Å². The van der Waals surface area contributed by atoms with E-state index in [1.807, 2.05) is 6.92 Å². The van der Waals surface area contributed by atoms with Crippen LogP contribution in [-0.2, 0) is 9.84 Å². The fraction of sp³-hybridized carbons (Fsp3) is 1.00. The Bertz CT molecular complexity index is 379. The zero-order valence-electron chi connectivity index (χ0n) is 13.1. The molecule has 1 fully saturated rings. The van der Waals surface area contributed by atoms with Crippen molar-refractivity contribution in [2.75, 3.05) is 31.1 Å². The Hall–Kier alpha value is -0.130. The molecule has 1 aliphatic rings. The number of nitrogens with zero attached hydrogens (tertiary/aromatic N) is 1. The summed E-state index contributed by atoms with van der Waals surface area (Å²) < 4.78 is 23.2. The molecule has 114 valence electrons. The standard InChI is InChI=1S/C14H30N2O2S/c1-6-7-15-13(3)14(4,5)11-16-8-9-19(17,18)10-12(16)2/h12-13,15H,6-11H2,1-5H3. The molecule has 0 aromatic heterocycles. The number of sulfone groups is 1. The molecule has 0 aliphatic carbocycles. The highest BCUT2D eigenvalue weighted by molar-refractivity contribution is 7.91. The largest absolute Gasteiger partial charge is 0.314 e. The Labute approximate surface area is 118 Å². The Kier molecular flexibility index (Phi) is 5.83. The number of hydrogen-bond acceptors (Lipinski definition) is 4. The van der Waals surface area contributed by atoms with Crippen LogP contribution >= 0.6 is 0 Å². The molecule has 1 saturated heterocycles. The molecule has 4 nitrogen and oxygen atoms in total. The van der Waals surface area contributed by atoms with Gasteiger partial charge in [-0.1, -0.05) is 20.8 Å². The maximum absolute atomic E-state index is 11.6. The molecule has 0 bridgehead atoms. The Morgan fingerprint density at radius 2 is 2.05 bits per heavy atom. The van der Waals surface area contributed by atoms with Gasteiger partial charge >= 0.3 is 0 Å². The smallest absolute Gasteiger partial charge is 0.153 e. The normalized spacial score (nSPS) is 26.3. The molecule has 19 heavy (non-hydrogen) atoms. The molecular weight excluding hydrogens is 260 g/mol. The molecule has 1 aliphatic heterocycles. The van der Waals surface area contributed by atoms with E-state index in [0.717, 1.165) is 19.5 Å². The first-order valence-electron chi connectivity index (χ1n) is 7.36. The third-order valence-corrected chi connectivity index (χ3v) is 6.09. The summed E-state index contributed by atoms with van der Waals surface area (Å²) in [5.41, 5.74) is 0.143. The Balaban J connectivity index is 2.58. The average molecular weight is 290 g/mol. The van der Waals surface area contributed by atoms with E-state index in [0.29, 0.717) is 24.1 Å². The molecule has 0 saturated carbocycles. The maximum Gasteiger partial charge on any atom is 0.153 e. The third-order valence-electron chi connectivity index (χ3n) is 4.29. The van der Waals surface area contributed by atoms with Crippen LogP contribution in [0.25, 0.3) is 0 Å².